The average Bonchev–Trinajstić information content (AvgIpc) is 2.72. The number of carbonyl (C=O) groups is 1. The molecular formula is C23H26ClNO2. The molecular weight excluding hydrogens is 358 g/mol. The quantitative estimate of drug-likeness (QED) is 0.659. The van der Waals surface area contributed by atoms with E-state index in [9.17, 15) is 4.79 Å². The minimum Gasteiger partial charge on any atom is -0.497 e. The van der Waals surface area contributed by atoms with Crippen molar-refractivity contribution < 1.29 is 9.53 Å². The number of halogens is 1. The highest BCUT2D eigenvalue weighted by Crippen LogP contribution is 2.52. The summed E-state index contributed by atoms with van der Waals surface area (Å²) in [6, 6.07) is 17.8. The van der Waals surface area contributed by atoms with Crippen molar-refractivity contribution in [1.29, 1.82) is 0 Å². The fraction of sp³-hybridized carbons (Fsp3) is 0.435. The summed E-state index contributed by atoms with van der Waals surface area (Å²) in [4.78, 5) is 15.3. The molecule has 2 aliphatic rings. The maximum absolute atomic E-state index is 13.4. The lowest BCUT2D eigenvalue weighted by atomic mass is 9.68. The first kappa shape index (κ1) is 18.4. The number of hydrogen-bond acceptors (Lipinski definition) is 2. The molecule has 0 radical (unpaired) electrons. The standard InChI is InChI=1S/C23H26ClNO2/c1-27-19-12-10-18(11-13-19)22(26)25-16-15-23(24)14-6-5-9-20(23)21(25)17-7-3-2-4-8-17/h2-4,7-8,10-13,20-21H,5-6,9,14-16H2,1H3/t20-,21+,23-/m1/s1. The summed E-state index contributed by atoms with van der Waals surface area (Å²) in [6.07, 6.45) is 5.37. The van der Waals surface area contributed by atoms with Crippen LogP contribution in [0.15, 0.2) is 54.6 Å². The smallest absolute Gasteiger partial charge is 0.254 e. The Hall–Kier alpha value is -2.00. The Morgan fingerprint density at radius 1 is 1.07 bits per heavy atom. The van der Waals surface area contributed by atoms with Crippen molar-refractivity contribution in [2.45, 2.75) is 43.0 Å². The van der Waals surface area contributed by atoms with Gasteiger partial charge in [0, 0.05) is 18.0 Å². The highest BCUT2D eigenvalue weighted by Gasteiger charge is 2.50. The summed E-state index contributed by atoms with van der Waals surface area (Å²) in [5.41, 5.74) is 1.89. The number of methoxy groups -OCH3 is 1. The van der Waals surface area contributed by atoms with Gasteiger partial charge < -0.3 is 9.64 Å². The van der Waals surface area contributed by atoms with Crippen molar-refractivity contribution in [3.8, 4) is 5.75 Å². The van der Waals surface area contributed by atoms with Crippen LogP contribution in [0.2, 0.25) is 0 Å². The number of hydrogen-bond donors (Lipinski definition) is 0. The Morgan fingerprint density at radius 3 is 2.52 bits per heavy atom. The fourth-order valence-corrected chi connectivity index (χ4v) is 5.28. The minimum atomic E-state index is -0.185. The summed E-state index contributed by atoms with van der Waals surface area (Å²) in [5, 5.41) is 0. The molecule has 0 bridgehead atoms. The third-order valence-electron chi connectivity index (χ3n) is 6.25. The highest BCUT2D eigenvalue weighted by atomic mass is 35.5. The van der Waals surface area contributed by atoms with E-state index in [1.165, 1.54) is 18.4 Å². The van der Waals surface area contributed by atoms with Crippen LogP contribution >= 0.6 is 11.6 Å². The molecule has 2 fully saturated rings. The number of ether oxygens (including phenoxy) is 1. The van der Waals surface area contributed by atoms with Crippen molar-refractivity contribution in [1.82, 2.24) is 4.90 Å². The van der Waals surface area contributed by atoms with Gasteiger partial charge in [-0.25, -0.2) is 0 Å². The molecule has 1 amide bonds. The number of amides is 1. The predicted octanol–water partition coefficient (Wildman–Crippen LogP) is 5.45. The molecule has 27 heavy (non-hydrogen) atoms. The molecule has 2 aromatic carbocycles. The molecule has 0 spiro atoms. The number of fused-ring (bicyclic) bond motifs is 1. The van der Waals surface area contributed by atoms with Crippen molar-refractivity contribution >= 4 is 17.5 Å². The summed E-state index contributed by atoms with van der Waals surface area (Å²) >= 11 is 7.12. The molecule has 1 saturated heterocycles. The molecule has 1 heterocycles. The van der Waals surface area contributed by atoms with Crippen LogP contribution < -0.4 is 4.74 Å². The van der Waals surface area contributed by atoms with Gasteiger partial charge in [-0.3, -0.25) is 4.79 Å². The van der Waals surface area contributed by atoms with Crippen LogP contribution in [0.5, 0.6) is 5.75 Å². The molecule has 0 unspecified atom stereocenters. The second kappa shape index (κ2) is 7.55. The highest BCUT2D eigenvalue weighted by molar-refractivity contribution is 6.24. The molecule has 1 aliphatic carbocycles. The number of carbonyl (C=O) groups excluding carboxylic acids is 1. The van der Waals surface area contributed by atoms with Crippen LogP contribution in [0.4, 0.5) is 0 Å². The van der Waals surface area contributed by atoms with E-state index in [4.69, 9.17) is 16.3 Å². The summed E-state index contributed by atoms with van der Waals surface area (Å²) in [7, 11) is 1.63. The average molecular weight is 384 g/mol. The van der Waals surface area contributed by atoms with Gasteiger partial charge in [0.15, 0.2) is 0 Å². The lowest BCUT2D eigenvalue weighted by molar-refractivity contribution is 0.0279. The Kier molecular flexibility index (Phi) is 5.14. The Labute approximate surface area is 166 Å². The zero-order chi connectivity index (χ0) is 18.9. The van der Waals surface area contributed by atoms with Gasteiger partial charge in [-0.1, -0.05) is 43.2 Å². The zero-order valence-electron chi connectivity index (χ0n) is 15.7. The molecule has 3 nitrogen and oxygen atoms in total. The number of alkyl halides is 1. The first-order valence-corrected chi connectivity index (χ1v) is 10.2. The molecule has 3 atom stereocenters. The van der Waals surface area contributed by atoms with E-state index in [2.05, 4.69) is 24.3 Å². The topological polar surface area (TPSA) is 29.5 Å². The van der Waals surface area contributed by atoms with Gasteiger partial charge >= 0.3 is 0 Å². The predicted molar refractivity (Wildman–Crippen MR) is 108 cm³/mol. The summed E-state index contributed by atoms with van der Waals surface area (Å²) in [6.45, 7) is 0.699. The molecule has 142 valence electrons. The molecule has 0 aromatic heterocycles. The van der Waals surface area contributed by atoms with Gasteiger partial charge in [-0.05, 0) is 49.1 Å². The van der Waals surface area contributed by atoms with Gasteiger partial charge in [0.1, 0.15) is 5.75 Å². The van der Waals surface area contributed by atoms with Crippen molar-refractivity contribution in [2.75, 3.05) is 13.7 Å². The number of likely N-dealkylation sites (tertiary alicyclic amines) is 1. The van der Waals surface area contributed by atoms with E-state index in [0.29, 0.717) is 18.0 Å². The van der Waals surface area contributed by atoms with Crippen LogP contribution in [-0.2, 0) is 0 Å². The Bertz CT molecular complexity index is 792. The summed E-state index contributed by atoms with van der Waals surface area (Å²) < 4.78 is 5.23. The largest absolute Gasteiger partial charge is 0.497 e. The third kappa shape index (κ3) is 3.45. The molecule has 4 rings (SSSR count). The monoisotopic (exact) mass is 383 g/mol. The van der Waals surface area contributed by atoms with Gasteiger partial charge in [-0.2, -0.15) is 0 Å². The molecule has 2 aromatic rings. The second-order valence-corrected chi connectivity index (χ2v) is 8.47. The van der Waals surface area contributed by atoms with E-state index in [-0.39, 0.29) is 16.8 Å². The second-order valence-electron chi connectivity index (χ2n) is 7.72. The lowest BCUT2D eigenvalue weighted by Crippen LogP contribution is -2.53. The molecule has 1 aliphatic heterocycles. The number of benzene rings is 2. The minimum absolute atomic E-state index is 0.0346. The molecule has 4 heteroatoms. The van der Waals surface area contributed by atoms with Crippen molar-refractivity contribution in [2.24, 2.45) is 5.92 Å². The zero-order valence-corrected chi connectivity index (χ0v) is 16.5. The first-order valence-electron chi connectivity index (χ1n) is 9.81. The Morgan fingerprint density at radius 2 is 1.81 bits per heavy atom. The van der Waals surface area contributed by atoms with E-state index in [1.807, 2.05) is 35.2 Å². The van der Waals surface area contributed by atoms with Gasteiger partial charge in [0.05, 0.1) is 18.0 Å². The van der Waals surface area contributed by atoms with Crippen LogP contribution in [0.1, 0.15) is 54.1 Å². The fourth-order valence-electron chi connectivity index (χ4n) is 4.83. The van der Waals surface area contributed by atoms with E-state index in [0.717, 1.165) is 25.0 Å². The van der Waals surface area contributed by atoms with Crippen LogP contribution in [0.3, 0.4) is 0 Å². The molecule has 1 saturated carbocycles. The van der Waals surface area contributed by atoms with Crippen LogP contribution in [0, 0.1) is 5.92 Å². The van der Waals surface area contributed by atoms with E-state index in [1.54, 1.807) is 7.11 Å². The van der Waals surface area contributed by atoms with Crippen LogP contribution in [-0.4, -0.2) is 29.3 Å². The van der Waals surface area contributed by atoms with Gasteiger partial charge in [-0.15, -0.1) is 11.6 Å². The first-order chi connectivity index (χ1) is 13.1. The maximum atomic E-state index is 13.4. The Balaban J connectivity index is 1.70. The van der Waals surface area contributed by atoms with Gasteiger partial charge in [0.25, 0.3) is 5.91 Å². The maximum Gasteiger partial charge on any atom is 0.254 e. The van der Waals surface area contributed by atoms with E-state index >= 15 is 0 Å². The van der Waals surface area contributed by atoms with Gasteiger partial charge in [0.2, 0.25) is 0 Å². The number of nitrogens with zero attached hydrogens (tertiary/aromatic N) is 1. The number of rotatable bonds is 3. The number of piperidine rings is 1. The van der Waals surface area contributed by atoms with Crippen molar-refractivity contribution in [3.05, 3.63) is 65.7 Å². The van der Waals surface area contributed by atoms with Crippen LogP contribution in [0.25, 0.3) is 0 Å². The van der Waals surface area contributed by atoms with Crippen molar-refractivity contribution in [3.63, 3.8) is 0 Å². The SMILES string of the molecule is COc1ccc(C(=O)N2CC[C@]3(Cl)CCCC[C@@H]3[C@@H]2c2ccccc2)cc1. The third-order valence-corrected chi connectivity index (χ3v) is 6.90. The summed E-state index contributed by atoms with van der Waals surface area (Å²) in [5.74, 6) is 1.14. The normalized spacial score (nSPS) is 27.7. The molecule has 0 N–H and O–H groups in total. The van der Waals surface area contributed by atoms with E-state index < -0.39 is 0 Å². The lowest BCUT2D eigenvalue weighted by Gasteiger charge is -2.52.